The number of hydrogen-bond donors (Lipinski definition) is 5. The summed E-state index contributed by atoms with van der Waals surface area (Å²) in [6.45, 7) is 1.71. The predicted octanol–water partition coefficient (Wildman–Crippen LogP) is 1.33. The third kappa shape index (κ3) is 4.65. The van der Waals surface area contributed by atoms with Crippen LogP contribution in [0.1, 0.15) is 35.8 Å². The van der Waals surface area contributed by atoms with E-state index in [2.05, 4.69) is 20.6 Å². The minimum Gasteiger partial charge on any atom is -0.404 e. The Kier molecular flexibility index (Phi) is 6.23. The minimum absolute atomic E-state index is 0.0142. The number of piperidine rings is 1. The van der Waals surface area contributed by atoms with Crippen LogP contribution in [0.4, 0.5) is 0 Å². The van der Waals surface area contributed by atoms with E-state index >= 15 is 0 Å². The van der Waals surface area contributed by atoms with Gasteiger partial charge in [0.05, 0.1) is 11.3 Å². The van der Waals surface area contributed by atoms with Crippen molar-refractivity contribution < 1.29 is 4.79 Å². The molecule has 1 amide bonds. The van der Waals surface area contributed by atoms with Gasteiger partial charge in [0.1, 0.15) is 11.7 Å². The van der Waals surface area contributed by atoms with Gasteiger partial charge in [-0.25, -0.2) is 4.98 Å². The van der Waals surface area contributed by atoms with Gasteiger partial charge in [0.15, 0.2) is 0 Å². The molecule has 0 unspecified atom stereocenters. The number of carbonyl (C=O) groups is 1. The molecule has 0 saturated carbocycles. The molecule has 1 saturated heterocycles. The van der Waals surface area contributed by atoms with E-state index in [1.165, 1.54) is 6.07 Å². The molecule has 9 heteroatoms. The average molecular weight is 401 g/mol. The third-order valence-corrected chi connectivity index (χ3v) is 4.77. The number of benzene rings is 1. The predicted molar refractivity (Wildman–Crippen MR) is 108 cm³/mol. The smallest absolute Gasteiger partial charge is 0.262 e. The summed E-state index contributed by atoms with van der Waals surface area (Å²) in [6, 6.07) is 8.03. The fraction of sp³-hybridized carbons (Fsp3) is 0.263. The Balaban J connectivity index is 1.82. The maximum atomic E-state index is 12.6. The van der Waals surface area contributed by atoms with Crippen molar-refractivity contribution in [1.82, 2.24) is 20.6 Å². The molecular weight excluding hydrogens is 380 g/mol. The molecule has 2 heterocycles. The lowest BCUT2D eigenvalue weighted by molar-refractivity contribution is -0.114. The van der Waals surface area contributed by atoms with E-state index in [4.69, 9.17) is 22.7 Å². The molecule has 0 radical (unpaired) electrons. The number of nitrogens with zero attached hydrogens (tertiary/aromatic N) is 1. The number of carbonyl (C=O) groups excluding carboxylic acids is 1. The van der Waals surface area contributed by atoms with Crippen molar-refractivity contribution in [2.24, 2.45) is 5.73 Å². The summed E-state index contributed by atoms with van der Waals surface area (Å²) in [5.74, 6) is -0.545. The first-order valence-electron chi connectivity index (χ1n) is 8.88. The first kappa shape index (κ1) is 19.8. The van der Waals surface area contributed by atoms with E-state index in [1.807, 2.05) is 0 Å². The number of nitrogens with two attached hydrogens (primary N) is 1. The lowest BCUT2D eigenvalue weighted by atomic mass is 9.94. The summed E-state index contributed by atoms with van der Waals surface area (Å²) in [4.78, 5) is 31.8. The highest BCUT2D eigenvalue weighted by Crippen LogP contribution is 2.23. The Labute approximate surface area is 166 Å². The Morgan fingerprint density at radius 3 is 2.75 bits per heavy atom. The highest BCUT2D eigenvalue weighted by atomic mass is 35.5. The lowest BCUT2D eigenvalue weighted by Gasteiger charge is -2.22. The van der Waals surface area contributed by atoms with Gasteiger partial charge in [-0.05, 0) is 38.1 Å². The van der Waals surface area contributed by atoms with E-state index in [1.54, 1.807) is 24.3 Å². The number of aromatic amines is 1. The van der Waals surface area contributed by atoms with E-state index in [-0.39, 0.29) is 28.7 Å². The fourth-order valence-electron chi connectivity index (χ4n) is 3.09. The molecule has 8 nitrogen and oxygen atoms in total. The second-order valence-electron chi connectivity index (χ2n) is 6.46. The van der Waals surface area contributed by atoms with Crippen molar-refractivity contribution in [2.45, 2.75) is 18.8 Å². The first-order valence-corrected chi connectivity index (χ1v) is 9.26. The zero-order valence-corrected chi connectivity index (χ0v) is 15.8. The molecule has 146 valence electrons. The number of H-pyrrole nitrogens is 1. The summed E-state index contributed by atoms with van der Waals surface area (Å²) in [7, 11) is 0. The van der Waals surface area contributed by atoms with E-state index in [9.17, 15) is 9.59 Å². The van der Waals surface area contributed by atoms with Crippen molar-refractivity contribution in [3.63, 3.8) is 0 Å². The van der Waals surface area contributed by atoms with Crippen molar-refractivity contribution in [2.75, 3.05) is 13.1 Å². The highest BCUT2D eigenvalue weighted by molar-refractivity contribution is 6.31. The van der Waals surface area contributed by atoms with Gasteiger partial charge in [0.2, 0.25) is 0 Å². The quantitative estimate of drug-likeness (QED) is 0.299. The van der Waals surface area contributed by atoms with Gasteiger partial charge in [-0.15, -0.1) is 0 Å². The number of aromatic nitrogens is 2. The highest BCUT2D eigenvalue weighted by Gasteiger charge is 2.21. The first-order chi connectivity index (χ1) is 13.5. The summed E-state index contributed by atoms with van der Waals surface area (Å²) in [6.07, 6.45) is 2.80. The minimum atomic E-state index is -0.641. The number of hydrogen-bond acceptors (Lipinski definition) is 6. The number of amidine groups is 1. The second kappa shape index (κ2) is 8.81. The van der Waals surface area contributed by atoms with E-state index < -0.39 is 5.91 Å². The van der Waals surface area contributed by atoms with Crippen LogP contribution in [-0.2, 0) is 4.79 Å². The SMILES string of the molecule is N=C(NC(=O)C(=CN)c1nc(C2CCNCC2)cc(=O)[nH]1)c1cccc(Cl)c1. The number of halogens is 1. The maximum absolute atomic E-state index is 12.6. The molecule has 1 aromatic carbocycles. The van der Waals surface area contributed by atoms with Crippen LogP contribution < -0.4 is 21.9 Å². The van der Waals surface area contributed by atoms with Crippen LogP contribution in [0.5, 0.6) is 0 Å². The third-order valence-electron chi connectivity index (χ3n) is 4.54. The van der Waals surface area contributed by atoms with Crippen LogP contribution >= 0.6 is 11.6 Å². The number of rotatable bonds is 4. The molecule has 1 aromatic heterocycles. The van der Waals surface area contributed by atoms with Crippen molar-refractivity contribution in [3.05, 3.63) is 69.0 Å². The summed E-state index contributed by atoms with van der Waals surface area (Å²) in [5.41, 5.74) is 6.35. The molecule has 2 aromatic rings. The zero-order chi connectivity index (χ0) is 20.1. The van der Waals surface area contributed by atoms with Crippen LogP contribution in [0.3, 0.4) is 0 Å². The number of amides is 1. The molecule has 1 aliphatic rings. The van der Waals surface area contributed by atoms with Gasteiger partial charge in [0.25, 0.3) is 11.5 Å². The van der Waals surface area contributed by atoms with Gasteiger partial charge >= 0.3 is 0 Å². The van der Waals surface area contributed by atoms with Gasteiger partial charge < -0.3 is 21.4 Å². The standard InChI is InChI=1S/C19H21ClN6O2/c20-13-3-1-2-12(8-13)17(22)26-19(28)14(10-21)18-24-15(9-16(27)25-18)11-4-6-23-7-5-11/h1-3,8-11,23H,4-7,21H2,(H2,22,26,28)(H,24,25,27). The Morgan fingerprint density at radius 1 is 1.32 bits per heavy atom. The van der Waals surface area contributed by atoms with Crippen LogP contribution in [0.15, 0.2) is 41.3 Å². The molecule has 1 fully saturated rings. The topological polar surface area (TPSA) is 137 Å². The van der Waals surface area contributed by atoms with Crippen molar-refractivity contribution in [1.29, 1.82) is 5.41 Å². The monoisotopic (exact) mass is 400 g/mol. The van der Waals surface area contributed by atoms with Gasteiger partial charge in [0, 0.05) is 28.8 Å². The Hall–Kier alpha value is -2.97. The summed E-state index contributed by atoms with van der Waals surface area (Å²) in [5, 5.41) is 14.2. The average Bonchev–Trinajstić information content (AvgIpc) is 2.69. The molecule has 3 rings (SSSR count). The molecule has 0 atom stereocenters. The van der Waals surface area contributed by atoms with E-state index in [0.717, 1.165) is 32.1 Å². The Bertz CT molecular complexity index is 978. The van der Waals surface area contributed by atoms with Gasteiger partial charge in [-0.3, -0.25) is 15.0 Å². The molecule has 0 spiro atoms. The zero-order valence-electron chi connectivity index (χ0n) is 15.1. The molecule has 0 aliphatic carbocycles. The molecule has 0 bridgehead atoms. The maximum Gasteiger partial charge on any atom is 0.262 e. The normalized spacial score (nSPS) is 15.2. The second-order valence-corrected chi connectivity index (χ2v) is 6.90. The van der Waals surface area contributed by atoms with Crippen LogP contribution in [0.25, 0.3) is 5.57 Å². The number of nitrogens with one attached hydrogen (secondary N) is 4. The van der Waals surface area contributed by atoms with Crippen molar-refractivity contribution >= 4 is 28.9 Å². The molecule has 28 heavy (non-hydrogen) atoms. The van der Waals surface area contributed by atoms with Gasteiger partial charge in [-0.2, -0.15) is 0 Å². The molecule has 6 N–H and O–H groups in total. The van der Waals surface area contributed by atoms with Crippen LogP contribution in [0, 0.1) is 5.41 Å². The molecular formula is C19H21ClN6O2. The summed E-state index contributed by atoms with van der Waals surface area (Å²) >= 11 is 5.92. The Morgan fingerprint density at radius 2 is 2.07 bits per heavy atom. The van der Waals surface area contributed by atoms with Gasteiger partial charge in [-0.1, -0.05) is 23.7 Å². The largest absolute Gasteiger partial charge is 0.404 e. The molecule has 1 aliphatic heterocycles. The van der Waals surface area contributed by atoms with Crippen LogP contribution in [-0.4, -0.2) is 34.8 Å². The van der Waals surface area contributed by atoms with Crippen molar-refractivity contribution in [3.8, 4) is 0 Å². The van der Waals surface area contributed by atoms with Crippen LogP contribution in [0.2, 0.25) is 5.02 Å². The van der Waals surface area contributed by atoms with E-state index in [0.29, 0.717) is 16.3 Å². The summed E-state index contributed by atoms with van der Waals surface area (Å²) < 4.78 is 0. The fourth-order valence-corrected chi connectivity index (χ4v) is 3.28. The lowest BCUT2D eigenvalue weighted by Crippen LogP contribution is -2.33.